The Kier molecular flexibility index (Phi) is 5.65. The van der Waals surface area contributed by atoms with Gasteiger partial charge in [-0.2, -0.15) is 0 Å². The van der Waals surface area contributed by atoms with Crippen molar-refractivity contribution in [3.8, 4) is 0 Å². The first-order chi connectivity index (χ1) is 8.52. The predicted octanol–water partition coefficient (Wildman–Crippen LogP) is 2.88. The zero-order valence-corrected chi connectivity index (χ0v) is 12.8. The van der Waals surface area contributed by atoms with Crippen LogP contribution in [0, 0.1) is 12.8 Å². The van der Waals surface area contributed by atoms with E-state index in [9.17, 15) is 4.79 Å². The van der Waals surface area contributed by atoms with Gasteiger partial charge < -0.3 is 10.6 Å². The zero-order chi connectivity index (χ0) is 13.3. The second-order valence-corrected chi connectivity index (χ2v) is 5.54. The minimum Gasteiger partial charge on any atom is -0.336 e. The molecule has 106 valence electrons. The van der Waals surface area contributed by atoms with Gasteiger partial charge in [0.05, 0.1) is 0 Å². The molecule has 0 saturated carbocycles. The summed E-state index contributed by atoms with van der Waals surface area (Å²) in [5.74, 6) is 0.488. The van der Waals surface area contributed by atoms with Crippen LogP contribution in [0.5, 0.6) is 0 Å². The molecule has 2 rings (SSSR count). The first kappa shape index (κ1) is 16.3. The van der Waals surface area contributed by atoms with E-state index in [1.54, 1.807) is 6.07 Å². The summed E-state index contributed by atoms with van der Waals surface area (Å²) in [6.07, 6.45) is 0.988. The molecule has 1 heterocycles. The van der Waals surface area contributed by atoms with Gasteiger partial charge in [-0.05, 0) is 50.4 Å². The Hall–Kier alpha value is -0.770. The fourth-order valence-electron chi connectivity index (χ4n) is 2.58. The number of benzene rings is 1. The number of likely N-dealkylation sites (tertiary alicyclic amines) is 1. The van der Waals surface area contributed by atoms with Crippen LogP contribution in [0.2, 0.25) is 5.02 Å². The second kappa shape index (κ2) is 6.60. The van der Waals surface area contributed by atoms with Crippen LogP contribution < -0.4 is 5.73 Å². The predicted molar refractivity (Wildman–Crippen MR) is 81.1 cm³/mol. The van der Waals surface area contributed by atoms with Crippen LogP contribution in [0.25, 0.3) is 0 Å². The van der Waals surface area contributed by atoms with Crippen molar-refractivity contribution in [2.75, 3.05) is 13.1 Å². The molecule has 19 heavy (non-hydrogen) atoms. The SMILES string of the molecule is Cc1ccc(Cl)cc1C(=O)N1CC(CN)CC1C.Cl. The van der Waals surface area contributed by atoms with E-state index in [2.05, 4.69) is 6.92 Å². The fourth-order valence-corrected chi connectivity index (χ4v) is 2.75. The highest BCUT2D eigenvalue weighted by Crippen LogP contribution is 2.26. The number of hydrogen-bond donors (Lipinski definition) is 1. The Balaban J connectivity index is 0.00000180. The van der Waals surface area contributed by atoms with Gasteiger partial charge in [0.25, 0.3) is 5.91 Å². The van der Waals surface area contributed by atoms with Crippen LogP contribution in [0.3, 0.4) is 0 Å². The van der Waals surface area contributed by atoms with Crippen LogP contribution in [-0.2, 0) is 0 Å². The third kappa shape index (κ3) is 3.41. The molecule has 0 radical (unpaired) electrons. The quantitative estimate of drug-likeness (QED) is 0.913. The van der Waals surface area contributed by atoms with Gasteiger partial charge in [0.2, 0.25) is 0 Å². The molecule has 2 unspecified atom stereocenters. The summed E-state index contributed by atoms with van der Waals surface area (Å²) in [5, 5.41) is 0.603. The maximum atomic E-state index is 12.5. The van der Waals surface area contributed by atoms with E-state index >= 15 is 0 Å². The van der Waals surface area contributed by atoms with Crippen LogP contribution in [0.15, 0.2) is 18.2 Å². The molecule has 0 aromatic heterocycles. The number of nitrogens with two attached hydrogens (primary N) is 1. The molecule has 2 atom stereocenters. The Labute approximate surface area is 125 Å². The van der Waals surface area contributed by atoms with E-state index in [-0.39, 0.29) is 24.4 Å². The second-order valence-electron chi connectivity index (χ2n) is 5.10. The number of aryl methyl sites for hydroxylation is 1. The Morgan fingerprint density at radius 3 is 2.79 bits per heavy atom. The molecule has 0 spiro atoms. The van der Waals surface area contributed by atoms with Crippen molar-refractivity contribution in [1.82, 2.24) is 4.90 Å². The molecule has 1 fully saturated rings. The van der Waals surface area contributed by atoms with Crippen molar-refractivity contribution in [2.24, 2.45) is 11.7 Å². The molecular weight excluding hydrogens is 283 g/mol. The Morgan fingerprint density at radius 1 is 1.53 bits per heavy atom. The number of hydrogen-bond acceptors (Lipinski definition) is 2. The summed E-state index contributed by atoms with van der Waals surface area (Å²) >= 11 is 5.97. The summed E-state index contributed by atoms with van der Waals surface area (Å²) < 4.78 is 0. The molecule has 1 amide bonds. The van der Waals surface area contributed by atoms with Gasteiger partial charge in [-0.15, -0.1) is 12.4 Å². The number of rotatable bonds is 2. The summed E-state index contributed by atoms with van der Waals surface area (Å²) in [6.45, 7) is 5.41. The fraction of sp³-hybridized carbons (Fsp3) is 0.500. The highest BCUT2D eigenvalue weighted by atomic mass is 35.5. The van der Waals surface area contributed by atoms with E-state index in [1.807, 2.05) is 24.0 Å². The molecule has 1 aliphatic rings. The molecule has 3 nitrogen and oxygen atoms in total. The summed E-state index contributed by atoms with van der Waals surface area (Å²) in [7, 11) is 0. The highest BCUT2D eigenvalue weighted by Gasteiger charge is 2.32. The van der Waals surface area contributed by atoms with E-state index < -0.39 is 0 Å². The molecule has 2 N–H and O–H groups in total. The van der Waals surface area contributed by atoms with E-state index in [0.29, 0.717) is 23.0 Å². The van der Waals surface area contributed by atoms with Gasteiger partial charge in [0, 0.05) is 23.2 Å². The molecule has 0 bridgehead atoms. The van der Waals surface area contributed by atoms with Gasteiger partial charge >= 0.3 is 0 Å². The topological polar surface area (TPSA) is 46.3 Å². The molecular formula is C14H20Cl2N2O. The van der Waals surface area contributed by atoms with Crippen LogP contribution >= 0.6 is 24.0 Å². The van der Waals surface area contributed by atoms with Crippen LogP contribution in [-0.4, -0.2) is 29.9 Å². The molecule has 1 aromatic carbocycles. The lowest BCUT2D eigenvalue weighted by molar-refractivity contribution is 0.0742. The largest absolute Gasteiger partial charge is 0.336 e. The lowest BCUT2D eigenvalue weighted by Crippen LogP contribution is -2.34. The van der Waals surface area contributed by atoms with Gasteiger partial charge in [-0.1, -0.05) is 17.7 Å². The summed E-state index contributed by atoms with van der Waals surface area (Å²) in [6, 6.07) is 5.70. The summed E-state index contributed by atoms with van der Waals surface area (Å²) in [4.78, 5) is 14.4. The van der Waals surface area contributed by atoms with Crippen molar-refractivity contribution in [2.45, 2.75) is 26.3 Å². The van der Waals surface area contributed by atoms with Crippen molar-refractivity contribution < 1.29 is 4.79 Å². The van der Waals surface area contributed by atoms with Gasteiger partial charge in [-0.25, -0.2) is 0 Å². The number of carbonyl (C=O) groups is 1. The normalized spacial score (nSPS) is 22.2. The first-order valence-electron chi connectivity index (χ1n) is 6.30. The Bertz CT molecular complexity index is 465. The number of carbonyl (C=O) groups excluding carboxylic acids is 1. The van der Waals surface area contributed by atoms with Gasteiger partial charge in [0.1, 0.15) is 0 Å². The zero-order valence-electron chi connectivity index (χ0n) is 11.2. The molecule has 1 aromatic rings. The maximum Gasteiger partial charge on any atom is 0.254 e. The minimum atomic E-state index is 0. The van der Waals surface area contributed by atoms with Crippen LogP contribution in [0.4, 0.5) is 0 Å². The summed E-state index contributed by atoms with van der Waals surface area (Å²) in [5.41, 5.74) is 7.36. The highest BCUT2D eigenvalue weighted by molar-refractivity contribution is 6.31. The smallest absolute Gasteiger partial charge is 0.254 e. The average molecular weight is 303 g/mol. The number of nitrogens with zero attached hydrogens (tertiary/aromatic N) is 1. The van der Waals surface area contributed by atoms with Crippen molar-refractivity contribution in [3.05, 3.63) is 34.3 Å². The van der Waals surface area contributed by atoms with E-state index in [4.69, 9.17) is 17.3 Å². The van der Waals surface area contributed by atoms with Crippen molar-refractivity contribution in [1.29, 1.82) is 0 Å². The van der Waals surface area contributed by atoms with Crippen molar-refractivity contribution >= 4 is 29.9 Å². The van der Waals surface area contributed by atoms with Gasteiger partial charge in [-0.3, -0.25) is 4.79 Å². The van der Waals surface area contributed by atoms with Crippen LogP contribution in [0.1, 0.15) is 29.3 Å². The minimum absolute atomic E-state index is 0. The lowest BCUT2D eigenvalue weighted by atomic mass is 10.1. The molecule has 0 aliphatic carbocycles. The lowest BCUT2D eigenvalue weighted by Gasteiger charge is -2.22. The molecule has 1 aliphatic heterocycles. The number of halogens is 2. The van der Waals surface area contributed by atoms with E-state index in [1.165, 1.54) is 0 Å². The van der Waals surface area contributed by atoms with Gasteiger partial charge in [0.15, 0.2) is 0 Å². The maximum absolute atomic E-state index is 12.5. The third-order valence-corrected chi connectivity index (χ3v) is 3.92. The number of amides is 1. The Morgan fingerprint density at radius 2 is 2.21 bits per heavy atom. The third-order valence-electron chi connectivity index (χ3n) is 3.69. The van der Waals surface area contributed by atoms with E-state index in [0.717, 1.165) is 18.5 Å². The standard InChI is InChI=1S/C14H19ClN2O.ClH/c1-9-3-4-12(15)6-13(9)14(18)17-8-11(7-16)5-10(17)2;/h3-4,6,10-11H,5,7-8,16H2,1-2H3;1H. The molecule has 1 saturated heterocycles. The average Bonchev–Trinajstić information content (AvgIpc) is 2.73. The monoisotopic (exact) mass is 302 g/mol. The molecule has 5 heteroatoms. The first-order valence-corrected chi connectivity index (χ1v) is 6.68. The van der Waals surface area contributed by atoms with Crippen molar-refractivity contribution in [3.63, 3.8) is 0 Å².